The Morgan fingerprint density at radius 3 is 2.95 bits per heavy atom. The van der Waals surface area contributed by atoms with E-state index in [1.807, 2.05) is 13.2 Å². The Kier molecular flexibility index (Phi) is 4.12. The second kappa shape index (κ2) is 5.99. The molecule has 6 heteroatoms. The van der Waals surface area contributed by atoms with Crippen LogP contribution < -0.4 is 10.6 Å². The van der Waals surface area contributed by atoms with Crippen molar-refractivity contribution in [3.63, 3.8) is 0 Å². The highest BCUT2D eigenvalue weighted by Gasteiger charge is 2.09. The van der Waals surface area contributed by atoms with Gasteiger partial charge in [-0.05, 0) is 18.1 Å². The Morgan fingerprint density at radius 2 is 2.26 bits per heavy atom. The first-order valence-electron chi connectivity index (χ1n) is 6.08. The molecule has 1 amide bonds. The van der Waals surface area contributed by atoms with Crippen LogP contribution in [0.5, 0.6) is 0 Å². The predicted molar refractivity (Wildman–Crippen MR) is 73.0 cm³/mol. The van der Waals surface area contributed by atoms with E-state index < -0.39 is 0 Å². The Hall–Kier alpha value is -2.37. The quantitative estimate of drug-likeness (QED) is 0.834. The summed E-state index contributed by atoms with van der Waals surface area (Å²) in [6, 6.07) is 1.70. The molecule has 0 saturated carbocycles. The summed E-state index contributed by atoms with van der Waals surface area (Å²) in [7, 11) is 3.64. The van der Waals surface area contributed by atoms with Crippen molar-refractivity contribution in [2.24, 2.45) is 7.05 Å². The number of rotatable bonds is 5. The van der Waals surface area contributed by atoms with Crippen LogP contribution in [0.2, 0.25) is 0 Å². The Labute approximate surface area is 111 Å². The van der Waals surface area contributed by atoms with Gasteiger partial charge in [-0.25, -0.2) is 0 Å². The highest BCUT2D eigenvalue weighted by atomic mass is 16.1. The van der Waals surface area contributed by atoms with Gasteiger partial charge in [-0.2, -0.15) is 5.10 Å². The molecule has 19 heavy (non-hydrogen) atoms. The molecule has 100 valence electrons. The van der Waals surface area contributed by atoms with E-state index >= 15 is 0 Å². The van der Waals surface area contributed by atoms with Crippen molar-refractivity contribution < 1.29 is 4.79 Å². The van der Waals surface area contributed by atoms with Crippen LogP contribution >= 0.6 is 0 Å². The maximum absolute atomic E-state index is 12.0. The Morgan fingerprint density at radius 1 is 1.42 bits per heavy atom. The number of pyridine rings is 1. The van der Waals surface area contributed by atoms with Gasteiger partial charge in [-0.3, -0.25) is 14.5 Å². The van der Waals surface area contributed by atoms with Crippen LogP contribution in [0, 0.1) is 0 Å². The van der Waals surface area contributed by atoms with E-state index in [0.29, 0.717) is 12.1 Å². The molecule has 0 radical (unpaired) electrons. The molecule has 0 aliphatic heterocycles. The fourth-order valence-corrected chi connectivity index (χ4v) is 1.81. The third-order valence-electron chi connectivity index (χ3n) is 2.79. The maximum atomic E-state index is 12.0. The molecule has 0 saturated heterocycles. The molecule has 0 aromatic carbocycles. The average Bonchev–Trinajstić information content (AvgIpc) is 2.84. The minimum Gasteiger partial charge on any atom is -0.386 e. The van der Waals surface area contributed by atoms with Gasteiger partial charge in [0.2, 0.25) is 0 Å². The second-order valence-corrected chi connectivity index (χ2v) is 4.20. The van der Waals surface area contributed by atoms with Crippen LogP contribution in [0.25, 0.3) is 0 Å². The zero-order chi connectivity index (χ0) is 13.7. The number of amides is 1. The van der Waals surface area contributed by atoms with Gasteiger partial charge in [0.1, 0.15) is 0 Å². The van der Waals surface area contributed by atoms with Gasteiger partial charge in [0.05, 0.1) is 23.6 Å². The molecule has 0 unspecified atom stereocenters. The number of nitrogens with zero attached hydrogens (tertiary/aromatic N) is 3. The molecule has 0 bridgehead atoms. The first kappa shape index (κ1) is 13.1. The number of carbonyl (C=O) groups is 1. The largest absolute Gasteiger partial charge is 0.386 e. The van der Waals surface area contributed by atoms with Gasteiger partial charge in [-0.1, -0.05) is 0 Å². The number of hydrogen-bond donors (Lipinski definition) is 2. The molecular formula is C13H17N5O. The molecule has 2 rings (SSSR count). The molecule has 2 aromatic heterocycles. The normalized spacial score (nSPS) is 10.2. The number of carbonyl (C=O) groups excluding carboxylic acids is 1. The Bertz CT molecular complexity index is 564. The first-order chi connectivity index (χ1) is 9.20. The summed E-state index contributed by atoms with van der Waals surface area (Å²) in [5, 5.41) is 9.92. The lowest BCUT2D eigenvalue weighted by atomic mass is 10.2. The van der Waals surface area contributed by atoms with Crippen molar-refractivity contribution in [1.29, 1.82) is 0 Å². The van der Waals surface area contributed by atoms with Crippen molar-refractivity contribution in [2.45, 2.75) is 6.42 Å². The average molecular weight is 259 g/mol. The topological polar surface area (TPSA) is 71.8 Å². The first-order valence-corrected chi connectivity index (χ1v) is 6.08. The lowest BCUT2D eigenvalue weighted by Crippen LogP contribution is -2.26. The van der Waals surface area contributed by atoms with Gasteiger partial charge in [-0.15, -0.1) is 0 Å². The minimum atomic E-state index is -0.101. The lowest BCUT2D eigenvalue weighted by molar-refractivity contribution is 0.0955. The smallest absolute Gasteiger partial charge is 0.253 e. The van der Waals surface area contributed by atoms with Gasteiger partial charge in [0.25, 0.3) is 5.91 Å². The van der Waals surface area contributed by atoms with Crippen molar-refractivity contribution in [3.8, 4) is 0 Å². The van der Waals surface area contributed by atoms with E-state index in [4.69, 9.17) is 0 Å². The lowest BCUT2D eigenvalue weighted by Gasteiger charge is -2.08. The van der Waals surface area contributed by atoms with Crippen LogP contribution in [0.15, 0.2) is 30.9 Å². The Balaban J connectivity index is 1.90. The van der Waals surface area contributed by atoms with Crippen LogP contribution in [0.3, 0.4) is 0 Å². The summed E-state index contributed by atoms with van der Waals surface area (Å²) in [6.07, 6.45) is 7.75. The zero-order valence-corrected chi connectivity index (χ0v) is 11.1. The number of aromatic nitrogens is 3. The van der Waals surface area contributed by atoms with E-state index in [0.717, 1.165) is 17.7 Å². The number of aryl methyl sites for hydroxylation is 1. The summed E-state index contributed by atoms with van der Waals surface area (Å²) < 4.78 is 1.75. The fraction of sp³-hybridized carbons (Fsp3) is 0.308. The van der Waals surface area contributed by atoms with Gasteiger partial charge < -0.3 is 10.6 Å². The third-order valence-corrected chi connectivity index (χ3v) is 2.79. The zero-order valence-electron chi connectivity index (χ0n) is 11.1. The summed E-state index contributed by atoms with van der Waals surface area (Å²) >= 11 is 0. The van der Waals surface area contributed by atoms with Crippen LogP contribution in [0.1, 0.15) is 15.9 Å². The molecule has 2 aromatic rings. The summed E-state index contributed by atoms with van der Waals surface area (Å²) in [4.78, 5) is 16.0. The van der Waals surface area contributed by atoms with E-state index in [2.05, 4.69) is 20.7 Å². The van der Waals surface area contributed by atoms with Gasteiger partial charge in [0, 0.05) is 33.0 Å². The minimum absolute atomic E-state index is 0.101. The van der Waals surface area contributed by atoms with E-state index in [-0.39, 0.29) is 5.91 Å². The van der Waals surface area contributed by atoms with Crippen molar-refractivity contribution >= 4 is 11.6 Å². The highest BCUT2D eigenvalue weighted by Crippen LogP contribution is 2.11. The molecule has 6 nitrogen and oxygen atoms in total. The predicted octanol–water partition coefficient (Wildman–Crippen LogP) is 0.829. The second-order valence-electron chi connectivity index (χ2n) is 4.20. The van der Waals surface area contributed by atoms with Crippen molar-refractivity contribution in [3.05, 3.63) is 42.0 Å². The van der Waals surface area contributed by atoms with E-state index in [1.165, 1.54) is 0 Å². The van der Waals surface area contributed by atoms with Gasteiger partial charge in [0.15, 0.2) is 0 Å². The number of hydrogen-bond acceptors (Lipinski definition) is 4. The van der Waals surface area contributed by atoms with Crippen molar-refractivity contribution in [2.75, 3.05) is 18.9 Å². The molecule has 0 fully saturated rings. The van der Waals surface area contributed by atoms with Gasteiger partial charge >= 0.3 is 0 Å². The van der Waals surface area contributed by atoms with Crippen LogP contribution in [-0.4, -0.2) is 34.3 Å². The summed E-state index contributed by atoms with van der Waals surface area (Å²) in [6.45, 7) is 0.579. The summed E-state index contributed by atoms with van der Waals surface area (Å²) in [5.41, 5.74) is 2.43. The SMILES string of the molecule is CNc1cnccc1C(=O)NCCc1cnn(C)c1. The standard InChI is InChI=1S/C13H17N5O/c1-14-12-8-15-5-4-11(12)13(19)16-6-3-10-7-17-18(2)9-10/h4-5,7-9,14H,3,6H2,1-2H3,(H,16,19). The monoisotopic (exact) mass is 259 g/mol. The maximum Gasteiger partial charge on any atom is 0.253 e. The third kappa shape index (κ3) is 3.31. The summed E-state index contributed by atoms with van der Waals surface area (Å²) in [5.74, 6) is -0.101. The molecule has 2 heterocycles. The number of nitrogens with one attached hydrogen (secondary N) is 2. The van der Waals surface area contributed by atoms with Crippen LogP contribution in [-0.2, 0) is 13.5 Å². The van der Waals surface area contributed by atoms with Crippen molar-refractivity contribution in [1.82, 2.24) is 20.1 Å². The molecular weight excluding hydrogens is 242 g/mol. The molecule has 0 spiro atoms. The molecule has 0 atom stereocenters. The number of anilines is 1. The molecule has 2 N–H and O–H groups in total. The molecule has 0 aliphatic rings. The molecule has 0 aliphatic carbocycles. The highest BCUT2D eigenvalue weighted by molar-refractivity contribution is 5.99. The van der Waals surface area contributed by atoms with E-state index in [9.17, 15) is 4.79 Å². The van der Waals surface area contributed by atoms with Crippen LogP contribution in [0.4, 0.5) is 5.69 Å². The van der Waals surface area contributed by atoms with E-state index in [1.54, 1.807) is 36.4 Å². The fourth-order valence-electron chi connectivity index (χ4n) is 1.81.